The monoisotopic (exact) mass is 323 g/mol. The van der Waals surface area contributed by atoms with Gasteiger partial charge in [0, 0.05) is 11.8 Å². The lowest BCUT2D eigenvalue weighted by Crippen LogP contribution is -2.07. The van der Waals surface area contributed by atoms with Gasteiger partial charge in [-0.05, 0) is 54.3 Å². The first-order valence-corrected chi connectivity index (χ1v) is 8.52. The number of rotatable bonds is 8. The third-order valence-corrected chi connectivity index (χ3v) is 3.70. The quantitative estimate of drug-likeness (QED) is 0.543. The van der Waals surface area contributed by atoms with Gasteiger partial charge in [0.05, 0.1) is 6.61 Å². The Hall–Kier alpha value is -2.55. The summed E-state index contributed by atoms with van der Waals surface area (Å²) in [7, 11) is 0. The highest BCUT2D eigenvalue weighted by molar-refractivity contribution is 6.01. The van der Waals surface area contributed by atoms with Crippen molar-refractivity contribution in [1.82, 2.24) is 0 Å². The predicted molar refractivity (Wildman–Crippen MR) is 100 cm³/mol. The van der Waals surface area contributed by atoms with Crippen LogP contribution >= 0.6 is 0 Å². The number of aryl methyl sites for hydroxylation is 1. The molecule has 24 heavy (non-hydrogen) atoms. The van der Waals surface area contributed by atoms with Gasteiger partial charge in [0.25, 0.3) is 0 Å². The van der Waals surface area contributed by atoms with Crippen LogP contribution in [0.2, 0.25) is 0 Å². The summed E-state index contributed by atoms with van der Waals surface area (Å²) in [4.78, 5) is 12.0. The van der Waals surface area contributed by atoms with E-state index in [9.17, 15) is 4.79 Å². The van der Waals surface area contributed by atoms with Crippen LogP contribution in [-0.2, 0) is 11.2 Å². The Bertz CT molecular complexity index is 657. The van der Waals surface area contributed by atoms with Crippen molar-refractivity contribution in [2.24, 2.45) is 0 Å². The number of hydrogen-bond acceptors (Lipinski definition) is 2. The fourth-order valence-electron chi connectivity index (χ4n) is 2.19. The van der Waals surface area contributed by atoms with Gasteiger partial charge in [0.2, 0.25) is 5.91 Å². The van der Waals surface area contributed by atoms with Crippen LogP contribution in [-0.4, -0.2) is 12.5 Å². The van der Waals surface area contributed by atoms with Gasteiger partial charge in [-0.25, -0.2) is 0 Å². The summed E-state index contributed by atoms with van der Waals surface area (Å²) in [6.45, 7) is 4.99. The minimum Gasteiger partial charge on any atom is -0.494 e. The number of carbonyl (C=O) groups excluding carboxylic acids is 1. The second-order valence-corrected chi connectivity index (χ2v) is 5.64. The topological polar surface area (TPSA) is 38.3 Å². The molecule has 3 nitrogen and oxygen atoms in total. The fourth-order valence-corrected chi connectivity index (χ4v) is 2.19. The lowest BCUT2D eigenvalue weighted by atomic mass is 10.1. The van der Waals surface area contributed by atoms with Crippen LogP contribution in [0.25, 0.3) is 6.08 Å². The molecule has 0 unspecified atom stereocenters. The molecule has 1 amide bonds. The van der Waals surface area contributed by atoms with Crippen molar-refractivity contribution in [3.05, 3.63) is 65.7 Å². The number of anilines is 1. The molecule has 126 valence electrons. The van der Waals surface area contributed by atoms with Gasteiger partial charge < -0.3 is 10.1 Å². The zero-order valence-electron chi connectivity index (χ0n) is 14.4. The van der Waals surface area contributed by atoms with Crippen molar-refractivity contribution in [1.29, 1.82) is 0 Å². The van der Waals surface area contributed by atoms with E-state index in [4.69, 9.17) is 4.74 Å². The second-order valence-electron chi connectivity index (χ2n) is 5.64. The number of benzene rings is 2. The van der Waals surface area contributed by atoms with Crippen molar-refractivity contribution in [3.63, 3.8) is 0 Å². The standard InChI is InChI=1S/C21H25NO2/c1-3-5-16-24-20-13-8-18(9-14-20)10-15-21(23)22-19-11-6-17(4-2)7-12-19/h6-15H,3-5,16H2,1-2H3,(H,22,23)/b15-10+. The largest absolute Gasteiger partial charge is 0.494 e. The molecule has 0 bridgehead atoms. The van der Waals surface area contributed by atoms with Gasteiger partial charge in [-0.3, -0.25) is 4.79 Å². The van der Waals surface area contributed by atoms with Gasteiger partial charge in [-0.2, -0.15) is 0 Å². The average Bonchev–Trinajstić information content (AvgIpc) is 2.62. The van der Waals surface area contributed by atoms with Crippen LogP contribution in [0.1, 0.15) is 37.8 Å². The SMILES string of the molecule is CCCCOc1ccc(/C=C/C(=O)Nc2ccc(CC)cc2)cc1. The first-order chi connectivity index (χ1) is 11.7. The summed E-state index contributed by atoms with van der Waals surface area (Å²) in [5, 5.41) is 2.86. The Kier molecular flexibility index (Phi) is 7.09. The number of unbranched alkanes of at least 4 members (excludes halogenated alkanes) is 1. The predicted octanol–water partition coefficient (Wildman–Crippen LogP) is 5.08. The molecule has 0 aliphatic carbocycles. The molecular formula is C21H25NO2. The minimum absolute atomic E-state index is 0.137. The van der Waals surface area contributed by atoms with Crippen LogP contribution in [0.3, 0.4) is 0 Å². The Balaban J connectivity index is 1.86. The number of amides is 1. The van der Waals surface area contributed by atoms with Gasteiger partial charge in [0.1, 0.15) is 5.75 Å². The molecule has 2 rings (SSSR count). The van der Waals surface area contributed by atoms with Crippen LogP contribution in [0, 0.1) is 0 Å². The van der Waals surface area contributed by atoms with Gasteiger partial charge in [0.15, 0.2) is 0 Å². The highest BCUT2D eigenvalue weighted by atomic mass is 16.5. The summed E-state index contributed by atoms with van der Waals surface area (Å²) < 4.78 is 5.62. The molecule has 0 saturated carbocycles. The third kappa shape index (κ3) is 5.92. The molecule has 0 saturated heterocycles. The van der Waals surface area contributed by atoms with Crippen LogP contribution in [0.4, 0.5) is 5.69 Å². The van der Waals surface area contributed by atoms with E-state index in [1.807, 2.05) is 48.5 Å². The van der Waals surface area contributed by atoms with E-state index in [1.54, 1.807) is 12.2 Å². The highest BCUT2D eigenvalue weighted by Crippen LogP contribution is 2.14. The maximum atomic E-state index is 12.0. The Morgan fingerprint density at radius 2 is 1.75 bits per heavy atom. The average molecular weight is 323 g/mol. The van der Waals surface area contributed by atoms with E-state index < -0.39 is 0 Å². The third-order valence-electron chi connectivity index (χ3n) is 3.70. The smallest absolute Gasteiger partial charge is 0.248 e. The molecule has 1 N–H and O–H groups in total. The van der Waals surface area contributed by atoms with Crippen molar-refractivity contribution < 1.29 is 9.53 Å². The van der Waals surface area contributed by atoms with Crippen LogP contribution in [0.15, 0.2) is 54.6 Å². The van der Waals surface area contributed by atoms with Crippen molar-refractivity contribution in [2.75, 3.05) is 11.9 Å². The van der Waals surface area contributed by atoms with Crippen molar-refractivity contribution in [3.8, 4) is 5.75 Å². The van der Waals surface area contributed by atoms with Crippen LogP contribution in [0.5, 0.6) is 5.75 Å². The van der Waals surface area contributed by atoms with Crippen molar-refractivity contribution >= 4 is 17.7 Å². The van der Waals surface area contributed by atoms with Gasteiger partial charge in [-0.1, -0.05) is 44.5 Å². The summed E-state index contributed by atoms with van der Waals surface area (Å²) in [6, 6.07) is 15.6. The molecule has 0 radical (unpaired) electrons. The van der Waals surface area contributed by atoms with E-state index in [0.717, 1.165) is 42.9 Å². The van der Waals surface area contributed by atoms with E-state index in [2.05, 4.69) is 19.2 Å². The number of ether oxygens (including phenoxy) is 1. The number of hydrogen-bond donors (Lipinski definition) is 1. The number of carbonyl (C=O) groups is 1. The normalized spacial score (nSPS) is 10.8. The van der Waals surface area contributed by atoms with E-state index in [0.29, 0.717) is 0 Å². The Morgan fingerprint density at radius 1 is 1.04 bits per heavy atom. The molecule has 0 spiro atoms. The minimum atomic E-state index is -0.137. The van der Waals surface area contributed by atoms with E-state index in [-0.39, 0.29) is 5.91 Å². The summed E-state index contributed by atoms with van der Waals surface area (Å²) >= 11 is 0. The molecule has 0 atom stereocenters. The molecule has 0 aliphatic rings. The maximum Gasteiger partial charge on any atom is 0.248 e. The second kappa shape index (κ2) is 9.56. The molecule has 0 aliphatic heterocycles. The molecule has 2 aromatic rings. The Labute approximate surface area is 144 Å². The molecule has 2 aromatic carbocycles. The lowest BCUT2D eigenvalue weighted by molar-refractivity contribution is -0.111. The fraction of sp³-hybridized carbons (Fsp3) is 0.286. The summed E-state index contributed by atoms with van der Waals surface area (Å²) in [5.41, 5.74) is 3.03. The summed E-state index contributed by atoms with van der Waals surface area (Å²) in [5.74, 6) is 0.726. The molecule has 0 heterocycles. The van der Waals surface area contributed by atoms with Gasteiger partial charge >= 0.3 is 0 Å². The van der Waals surface area contributed by atoms with E-state index in [1.165, 1.54) is 5.56 Å². The first-order valence-electron chi connectivity index (χ1n) is 8.52. The van der Waals surface area contributed by atoms with Gasteiger partial charge in [-0.15, -0.1) is 0 Å². The van der Waals surface area contributed by atoms with Crippen molar-refractivity contribution in [2.45, 2.75) is 33.1 Å². The summed E-state index contributed by atoms with van der Waals surface area (Å²) in [6.07, 6.45) is 6.51. The Morgan fingerprint density at radius 3 is 2.38 bits per heavy atom. The molecule has 0 aromatic heterocycles. The zero-order valence-corrected chi connectivity index (χ0v) is 14.4. The zero-order chi connectivity index (χ0) is 17.2. The molecule has 0 fully saturated rings. The maximum absolute atomic E-state index is 12.0. The lowest BCUT2D eigenvalue weighted by Gasteiger charge is -2.05. The number of nitrogens with one attached hydrogen (secondary N) is 1. The highest BCUT2D eigenvalue weighted by Gasteiger charge is 1.98. The molecular weight excluding hydrogens is 298 g/mol. The molecule has 3 heteroatoms. The van der Waals surface area contributed by atoms with E-state index >= 15 is 0 Å². The first kappa shape index (κ1) is 17.8. The van der Waals surface area contributed by atoms with Crippen LogP contribution < -0.4 is 10.1 Å².